The molecule has 5 N–H and O–H groups in total. The van der Waals surface area contributed by atoms with E-state index >= 15 is 0 Å². The highest BCUT2D eigenvalue weighted by Gasteiger charge is 2.37. The van der Waals surface area contributed by atoms with E-state index in [2.05, 4.69) is 20.3 Å². The van der Waals surface area contributed by atoms with Crippen molar-refractivity contribution in [3.8, 4) is 10.4 Å². The fourth-order valence-corrected chi connectivity index (χ4v) is 4.75. The lowest BCUT2D eigenvalue weighted by Crippen LogP contribution is -2.50. The van der Waals surface area contributed by atoms with Crippen molar-refractivity contribution in [3.63, 3.8) is 0 Å². The summed E-state index contributed by atoms with van der Waals surface area (Å²) in [5.74, 6) is -0.158. The van der Waals surface area contributed by atoms with Gasteiger partial charge in [-0.3, -0.25) is 10.6 Å². The molecule has 1 saturated heterocycles. The molecule has 33 heavy (non-hydrogen) atoms. The lowest BCUT2D eigenvalue weighted by atomic mass is 9.92. The second kappa shape index (κ2) is 8.95. The molecule has 4 rings (SSSR count). The Balaban J connectivity index is 1.55. The predicted molar refractivity (Wildman–Crippen MR) is 118 cm³/mol. The van der Waals surface area contributed by atoms with E-state index in [-0.39, 0.29) is 5.95 Å². The van der Waals surface area contributed by atoms with Crippen molar-refractivity contribution in [1.82, 2.24) is 19.9 Å². The summed E-state index contributed by atoms with van der Waals surface area (Å²) in [6.45, 7) is 2.75. The Morgan fingerprint density at radius 2 is 1.94 bits per heavy atom. The molecule has 8 nitrogen and oxygen atoms in total. The number of aliphatic hydroxyl groups is 2. The van der Waals surface area contributed by atoms with E-state index in [1.165, 1.54) is 11.3 Å². The number of nitrogens with two attached hydrogens (primary N) is 1. The van der Waals surface area contributed by atoms with Gasteiger partial charge in [0, 0.05) is 31.2 Å². The van der Waals surface area contributed by atoms with Gasteiger partial charge in [-0.15, -0.1) is 11.3 Å². The largest absolute Gasteiger partial charge is 0.433 e. The van der Waals surface area contributed by atoms with E-state index in [1.54, 1.807) is 23.2 Å². The number of benzene rings is 1. The molecule has 1 unspecified atom stereocenters. The first-order valence-corrected chi connectivity index (χ1v) is 11.0. The van der Waals surface area contributed by atoms with Crippen LogP contribution in [0.1, 0.15) is 29.1 Å². The van der Waals surface area contributed by atoms with Crippen molar-refractivity contribution in [1.29, 1.82) is 0 Å². The number of piperidine rings is 1. The predicted octanol–water partition coefficient (Wildman–Crippen LogP) is 3.19. The third-order valence-corrected chi connectivity index (χ3v) is 6.71. The van der Waals surface area contributed by atoms with Crippen molar-refractivity contribution >= 4 is 23.0 Å². The maximum absolute atomic E-state index is 12.9. The van der Waals surface area contributed by atoms with Crippen molar-refractivity contribution in [3.05, 3.63) is 52.9 Å². The number of hydrogen-bond acceptors (Lipinski definition) is 9. The van der Waals surface area contributed by atoms with Gasteiger partial charge in [0.25, 0.3) is 0 Å². The number of aryl methyl sites for hydroxylation is 1. The molecule has 0 amide bonds. The first-order valence-electron chi connectivity index (χ1n) is 10.2. The molecule has 0 saturated carbocycles. The molecule has 1 fully saturated rings. The van der Waals surface area contributed by atoms with Gasteiger partial charge in [0.1, 0.15) is 16.3 Å². The molecule has 0 bridgehead atoms. The molecular weight excluding hydrogens is 457 g/mol. The number of anilines is 2. The molecule has 1 atom stereocenters. The summed E-state index contributed by atoms with van der Waals surface area (Å²) in [5.41, 5.74) is 5.58. The minimum atomic E-state index is -4.56. The first-order chi connectivity index (χ1) is 15.5. The van der Waals surface area contributed by atoms with Crippen molar-refractivity contribution in [2.45, 2.75) is 37.9 Å². The second-order valence-corrected chi connectivity index (χ2v) is 9.02. The minimum absolute atomic E-state index is 0.158. The van der Waals surface area contributed by atoms with Gasteiger partial charge in [0.2, 0.25) is 5.95 Å². The van der Waals surface area contributed by atoms with Gasteiger partial charge in [-0.2, -0.15) is 13.2 Å². The summed E-state index contributed by atoms with van der Waals surface area (Å²) in [7, 11) is 0. The number of rotatable bonds is 5. The molecular formula is C21H23F3N6O2S. The molecule has 1 aliphatic rings. The van der Waals surface area contributed by atoms with E-state index < -0.39 is 23.8 Å². The molecule has 2 aromatic heterocycles. The number of aromatic nitrogens is 3. The Morgan fingerprint density at radius 1 is 1.21 bits per heavy atom. The van der Waals surface area contributed by atoms with Gasteiger partial charge in [0.15, 0.2) is 6.35 Å². The summed E-state index contributed by atoms with van der Waals surface area (Å²) in [5, 5.41) is 24.0. The molecule has 3 heterocycles. The monoisotopic (exact) mass is 480 g/mol. The molecule has 0 aliphatic carbocycles. The van der Waals surface area contributed by atoms with Crippen LogP contribution in [0.25, 0.3) is 10.4 Å². The van der Waals surface area contributed by atoms with Gasteiger partial charge in [-0.1, -0.05) is 6.07 Å². The zero-order valence-electron chi connectivity index (χ0n) is 17.7. The number of likely N-dealkylation sites (tertiary alicyclic amines) is 1. The number of halogens is 3. The van der Waals surface area contributed by atoms with Crippen LogP contribution >= 0.6 is 11.3 Å². The Bertz CT molecular complexity index is 1130. The molecule has 1 aliphatic heterocycles. The number of aliphatic hydroxyl groups excluding tert-OH is 1. The summed E-state index contributed by atoms with van der Waals surface area (Å²) >= 11 is 1.35. The van der Waals surface area contributed by atoms with E-state index in [4.69, 9.17) is 5.73 Å². The SMILES string of the molecule is Cc1cc(Nc2nccc(C(F)(F)F)n2)cc(-c2cnc(C3(O)CCN(C(N)O)CC3)s2)c1. The molecule has 1 aromatic carbocycles. The van der Waals surface area contributed by atoms with E-state index in [0.717, 1.165) is 28.3 Å². The van der Waals surface area contributed by atoms with Crippen LogP contribution in [-0.2, 0) is 11.8 Å². The average molecular weight is 481 g/mol. The smallest absolute Gasteiger partial charge is 0.383 e. The number of hydrogen-bond donors (Lipinski definition) is 4. The summed E-state index contributed by atoms with van der Waals surface area (Å²) in [6, 6.07) is 6.28. The number of thiazole rings is 1. The first kappa shape index (κ1) is 23.5. The highest BCUT2D eigenvalue weighted by molar-refractivity contribution is 7.15. The van der Waals surface area contributed by atoms with E-state index in [9.17, 15) is 23.4 Å². The van der Waals surface area contributed by atoms with Crippen LogP contribution in [0.4, 0.5) is 24.8 Å². The zero-order valence-corrected chi connectivity index (χ0v) is 18.5. The third-order valence-electron chi connectivity index (χ3n) is 5.47. The lowest BCUT2D eigenvalue weighted by Gasteiger charge is -2.37. The lowest BCUT2D eigenvalue weighted by molar-refractivity contribution is -0.141. The summed E-state index contributed by atoms with van der Waals surface area (Å²) < 4.78 is 38.8. The maximum Gasteiger partial charge on any atom is 0.433 e. The van der Waals surface area contributed by atoms with E-state index in [1.807, 2.05) is 13.0 Å². The Morgan fingerprint density at radius 3 is 2.61 bits per heavy atom. The Labute approximate surface area is 191 Å². The molecule has 0 radical (unpaired) electrons. The van der Waals surface area contributed by atoms with E-state index in [0.29, 0.717) is 36.6 Å². The van der Waals surface area contributed by atoms with Gasteiger partial charge in [-0.25, -0.2) is 15.0 Å². The standard InChI is InChI=1S/C21H23F3N6O2S/c1-12-8-13(10-14(9-12)28-19-26-5-2-16(29-19)21(22,23)24)15-11-27-17(33-15)20(32)3-6-30(7-4-20)18(25)31/h2,5,8-11,18,31-32H,3-4,6-7,25H2,1H3,(H,26,28,29). The average Bonchev–Trinajstić information content (AvgIpc) is 3.25. The van der Waals surface area contributed by atoms with Crippen LogP contribution in [0.2, 0.25) is 0 Å². The Kier molecular flexibility index (Phi) is 6.38. The zero-order chi connectivity index (χ0) is 23.8. The maximum atomic E-state index is 12.9. The summed E-state index contributed by atoms with van der Waals surface area (Å²) in [4.78, 5) is 14.3. The minimum Gasteiger partial charge on any atom is -0.383 e. The number of alkyl halides is 3. The Hall–Kier alpha value is -2.64. The number of nitrogens with one attached hydrogen (secondary N) is 1. The third kappa shape index (κ3) is 5.31. The van der Waals surface area contributed by atoms with Gasteiger partial charge in [0.05, 0.1) is 4.88 Å². The quantitative estimate of drug-likeness (QED) is 0.411. The van der Waals surface area contributed by atoms with Gasteiger partial charge >= 0.3 is 6.18 Å². The molecule has 0 spiro atoms. The highest BCUT2D eigenvalue weighted by atomic mass is 32.1. The van der Waals surface area contributed by atoms with Crippen LogP contribution in [0.5, 0.6) is 0 Å². The molecule has 12 heteroatoms. The van der Waals surface area contributed by atoms with Crippen molar-refractivity contribution < 1.29 is 23.4 Å². The van der Waals surface area contributed by atoms with Crippen LogP contribution in [0.3, 0.4) is 0 Å². The van der Waals surface area contributed by atoms with Gasteiger partial charge in [-0.05, 0) is 49.1 Å². The van der Waals surface area contributed by atoms with Crippen LogP contribution < -0.4 is 11.1 Å². The topological polar surface area (TPSA) is 120 Å². The molecule has 3 aromatic rings. The van der Waals surface area contributed by atoms with Gasteiger partial charge < -0.3 is 15.5 Å². The fraction of sp³-hybridized carbons (Fsp3) is 0.381. The van der Waals surface area contributed by atoms with Crippen molar-refractivity contribution in [2.75, 3.05) is 18.4 Å². The van der Waals surface area contributed by atoms with Crippen molar-refractivity contribution in [2.24, 2.45) is 5.73 Å². The highest BCUT2D eigenvalue weighted by Crippen LogP contribution is 2.39. The van der Waals surface area contributed by atoms with Crippen LogP contribution in [0.15, 0.2) is 36.7 Å². The summed E-state index contributed by atoms with van der Waals surface area (Å²) in [6.07, 6.45) is -2.11. The number of nitrogens with zero attached hydrogens (tertiary/aromatic N) is 4. The molecule has 176 valence electrons. The normalized spacial score (nSPS) is 17.7. The van der Waals surface area contributed by atoms with Crippen LogP contribution in [0, 0.1) is 6.92 Å². The van der Waals surface area contributed by atoms with Crippen LogP contribution in [-0.4, -0.2) is 49.5 Å². The fourth-order valence-electron chi connectivity index (χ4n) is 3.70. The second-order valence-electron chi connectivity index (χ2n) is 7.99.